The van der Waals surface area contributed by atoms with E-state index in [1.54, 1.807) is 12.1 Å². The molecule has 2 aromatic heterocycles. The predicted molar refractivity (Wildman–Crippen MR) is 150 cm³/mol. The summed E-state index contributed by atoms with van der Waals surface area (Å²) < 4.78 is 0. The van der Waals surface area contributed by atoms with Crippen molar-refractivity contribution in [3.8, 4) is 11.3 Å². The number of hydrogen-bond acceptors (Lipinski definition) is 7. The van der Waals surface area contributed by atoms with Crippen molar-refractivity contribution in [1.82, 2.24) is 25.5 Å². The zero-order chi connectivity index (χ0) is 26.5. The third-order valence-corrected chi connectivity index (χ3v) is 7.49. The van der Waals surface area contributed by atoms with Crippen LogP contribution in [0.25, 0.3) is 11.3 Å². The molecule has 12 heteroatoms. The highest BCUT2D eigenvalue weighted by Gasteiger charge is 2.24. The molecule has 4 aromatic rings. The number of benzene rings is 2. The van der Waals surface area contributed by atoms with Crippen LogP contribution < -0.4 is 10.6 Å². The molecule has 0 aliphatic carbocycles. The Hall–Kier alpha value is -2.92. The fourth-order valence-electron chi connectivity index (χ4n) is 3.38. The van der Waals surface area contributed by atoms with Gasteiger partial charge in [-0.15, -0.1) is 16.4 Å². The molecule has 3 N–H and O–H groups in total. The quantitative estimate of drug-likeness (QED) is 0.199. The molecular formula is C25H24Cl2N6O2S2. The molecule has 192 valence electrons. The van der Waals surface area contributed by atoms with E-state index in [0.717, 1.165) is 11.3 Å². The van der Waals surface area contributed by atoms with Crippen molar-refractivity contribution in [2.45, 2.75) is 32.0 Å². The van der Waals surface area contributed by atoms with Gasteiger partial charge in [-0.3, -0.25) is 14.7 Å². The van der Waals surface area contributed by atoms with Crippen LogP contribution in [0.1, 0.15) is 41.6 Å². The maximum atomic E-state index is 12.8. The van der Waals surface area contributed by atoms with Crippen LogP contribution in [0.5, 0.6) is 0 Å². The molecular weight excluding hydrogens is 551 g/mol. The summed E-state index contributed by atoms with van der Waals surface area (Å²) in [5.41, 5.74) is 3.30. The zero-order valence-corrected chi connectivity index (χ0v) is 23.4. The molecule has 0 spiro atoms. The summed E-state index contributed by atoms with van der Waals surface area (Å²) in [4.78, 5) is 34.3. The van der Waals surface area contributed by atoms with E-state index in [1.165, 1.54) is 34.7 Å². The molecule has 0 radical (unpaired) electrons. The fourth-order valence-corrected chi connectivity index (χ4v) is 5.21. The summed E-state index contributed by atoms with van der Waals surface area (Å²) in [5.74, 6) is 0.0392. The van der Waals surface area contributed by atoms with E-state index < -0.39 is 6.04 Å². The number of halogens is 2. The second-order valence-electron chi connectivity index (χ2n) is 8.56. The fraction of sp³-hybridized carbons (Fsp3) is 0.240. The van der Waals surface area contributed by atoms with Crippen molar-refractivity contribution in [2.75, 3.05) is 11.1 Å². The number of nitrogens with zero attached hydrogens (tertiary/aromatic N) is 3. The van der Waals surface area contributed by atoms with E-state index in [4.69, 9.17) is 23.2 Å². The minimum Gasteiger partial charge on any atom is -0.342 e. The van der Waals surface area contributed by atoms with Crippen LogP contribution >= 0.6 is 46.3 Å². The van der Waals surface area contributed by atoms with E-state index >= 15 is 0 Å². The highest BCUT2D eigenvalue weighted by atomic mass is 35.5. The number of hydrogen-bond donors (Lipinski definition) is 3. The van der Waals surface area contributed by atoms with Gasteiger partial charge in [-0.05, 0) is 31.0 Å². The summed E-state index contributed by atoms with van der Waals surface area (Å²) in [6, 6.07) is 12.3. The number of aromatic nitrogens is 4. The number of thiazole rings is 1. The number of anilines is 1. The molecule has 2 amide bonds. The number of rotatable bonds is 9. The number of carbonyl (C=O) groups excluding carboxylic acids is 2. The van der Waals surface area contributed by atoms with Gasteiger partial charge in [0.05, 0.1) is 28.1 Å². The van der Waals surface area contributed by atoms with Crippen LogP contribution in [0.3, 0.4) is 0 Å². The van der Waals surface area contributed by atoms with Crippen LogP contribution in [0.4, 0.5) is 5.13 Å². The van der Waals surface area contributed by atoms with Gasteiger partial charge in [0.25, 0.3) is 5.91 Å². The lowest BCUT2D eigenvalue weighted by Crippen LogP contribution is -2.32. The number of aryl methyl sites for hydroxylation is 1. The van der Waals surface area contributed by atoms with Gasteiger partial charge in [-0.2, -0.15) is 0 Å². The van der Waals surface area contributed by atoms with Crippen LogP contribution in [0, 0.1) is 12.8 Å². The Bertz CT molecular complexity index is 1400. The smallest absolute Gasteiger partial charge is 0.253 e. The van der Waals surface area contributed by atoms with Crippen LogP contribution in [0.15, 0.2) is 53.0 Å². The number of carbonyl (C=O) groups is 2. The highest BCUT2D eigenvalue weighted by molar-refractivity contribution is 7.99. The summed E-state index contributed by atoms with van der Waals surface area (Å²) >= 11 is 14.7. The number of amides is 2. The maximum Gasteiger partial charge on any atom is 0.253 e. The maximum absolute atomic E-state index is 12.8. The van der Waals surface area contributed by atoms with Gasteiger partial charge in [0, 0.05) is 16.0 Å². The van der Waals surface area contributed by atoms with Crippen molar-refractivity contribution in [3.05, 3.63) is 74.8 Å². The van der Waals surface area contributed by atoms with Crippen LogP contribution in [-0.4, -0.2) is 37.7 Å². The molecule has 0 aliphatic rings. The van der Waals surface area contributed by atoms with Gasteiger partial charge >= 0.3 is 0 Å². The lowest BCUT2D eigenvalue weighted by molar-refractivity contribution is -0.113. The number of thioether (sulfide) groups is 1. The lowest BCUT2D eigenvalue weighted by Gasteiger charge is -2.20. The van der Waals surface area contributed by atoms with Gasteiger partial charge in [0.15, 0.2) is 5.13 Å². The number of nitrogens with one attached hydrogen (secondary N) is 3. The molecule has 0 fully saturated rings. The van der Waals surface area contributed by atoms with Crippen molar-refractivity contribution in [3.63, 3.8) is 0 Å². The first-order valence-corrected chi connectivity index (χ1v) is 13.9. The predicted octanol–water partition coefficient (Wildman–Crippen LogP) is 6.40. The average Bonchev–Trinajstić information content (AvgIpc) is 3.51. The molecule has 2 aromatic carbocycles. The van der Waals surface area contributed by atoms with Gasteiger partial charge in [-0.25, -0.2) is 9.97 Å². The molecule has 1 atom stereocenters. The van der Waals surface area contributed by atoms with Crippen molar-refractivity contribution in [1.29, 1.82) is 0 Å². The van der Waals surface area contributed by atoms with E-state index in [-0.39, 0.29) is 28.5 Å². The normalized spacial score (nSPS) is 11.9. The Morgan fingerprint density at radius 1 is 1.11 bits per heavy atom. The molecule has 4 rings (SSSR count). The van der Waals surface area contributed by atoms with E-state index in [1.807, 2.05) is 50.4 Å². The van der Waals surface area contributed by atoms with Crippen molar-refractivity contribution in [2.24, 2.45) is 5.92 Å². The number of aromatic amines is 1. The van der Waals surface area contributed by atoms with E-state index in [0.29, 0.717) is 26.7 Å². The molecule has 0 aliphatic heterocycles. The summed E-state index contributed by atoms with van der Waals surface area (Å²) in [5, 5.41) is 16.4. The molecule has 0 unspecified atom stereocenters. The van der Waals surface area contributed by atoms with Gasteiger partial charge < -0.3 is 10.6 Å². The minimum atomic E-state index is -0.439. The van der Waals surface area contributed by atoms with Crippen molar-refractivity contribution < 1.29 is 9.59 Å². The third kappa shape index (κ3) is 7.10. The standard InChI is InChI=1S/C25H24Cl2N6O2S2/c1-13(2)21(30-23(35)17-9-8-16(26)10-18(17)27)22-31-25(33-32-22)37-12-20(34)29-24-28-19(11-36-24)15-6-4-14(3)5-7-15/h4-11,13,21H,12H2,1-3H3,(H,30,35)(H,28,29,34)(H,31,32,33)/t21-/m0/s1. The van der Waals surface area contributed by atoms with Gasteiger partial charge in [-0.1, -0.05) is 78.6 Å². The SMILES string of the molecule is Cc1ccc(-c2csc(NC(=O)CSc3n[nH]c([C@@H](NC(=O)c4ccc(Cl)cc4Cl)C(C)C)n3)n2)cc1. The molecule has 0 saturated heterocycles. The first-order valence-electron chi connectivity index (χ1n) is 11.3. The number of H-pyrrole nitrogens is 1. The first-order chi connectivity index (χ1) is 17.7. The molecule has 0 bridgehead atoms. The Kier molecular flexibility index (Phi) is 8.86. The molecule has 37 heavy (non-hydrogen) atoms. The zero-order valence-electron chi connectivity index (χ0n) is 20.2. The summed E-state index contributed by atoms with van der Waals surface area (Å²) in [7, 11) is 0. The molecule has 8 nitrogen and oxygen atoms in total. The lowest BCUT2D eigenvalue weighted by atomic mass is 10.0. The van der Waals surface area contributed by atoms with Crippen LogP contribution in [-0.2, 0) is 4.79 Å². The molecule has 0 saturated carbocycles. The second kappa shape index (κ2) is 12.1. The largest absolute Gasteiger partial charge is 0.342 e. The third-order valence-electron chi connectivity index (χ3n) is 5.34. The Morgan fingerprint density at radius 2 is 1.86 bits per heavy atom. The topological polar surface area (TPSA) is 113 Å². The Balaban J connectivity index is 1.34. The average molecular weight is 576 g/mol. The summed E-state index contributed by atoms with van der Waals surface area (Å²) in [6.07, 6.45) is 0. The second-order valence-corrected chi connectivity index (χ2v) is 11.2. The van der Waals surface area contributed by atoms with Crippen LogP contribution in [0.2, 0.25) is 10.0 Å². The summed E-state index contributed by atoms with van der Waals surface area (Å²) in [6.45, 7) is 5.94. The van der Waals surface area contributed by atoms with Gasteiger partial charge in [0.2, 0.25) is 11.1 Å². The Labute approximate surface area is 232 Å². The highest BCUT2D eigenvalue weighted by Crippen LogP contribution is 2.27. The van der Waals surface area contributed by atoms with Crippen molar-refractivity contribution >= 4 is 63.2 Å². The minimum absolute atomic E-state index is 0.0109. The van der Waals surface area contributed by atoms with Gasteiger partial charge in [0.1, 0.15) is 5.82 Å². The van der Waals surface area contributed by atoms with E-state index in [9.17, 15) is 9.59 Å². The Morgan fingerprint density at radius 3 is 2.57 bits per heavy atom. The first kappa shape index (κ1) is 27.1. The molecule has 2 heterocycles. The van der Waals surface area contributed by atoms with E-state index in [2.05, 4.69) is 30.8 Å². The monoisotopic (exact) mass is 574 g/mol.